The molecule has 0 amide bonds. The zero-order chi connectivity index (χ0) is 13.9. The van der Waals surface area contributed by atoms with Gasteiger partial charge in [-0.15, -0.1) is 0 Å². The molecule has 0 radical (unpaired) electrons. The van der Waals surface area contributed by atoms with Gasteiger partial charge in [0.25, 0.3) is 0 Å². The summed E-state index contributed by atoms with van der Waals surface area (Å²) in [6.45, 7) is 4.22. The zero-order valence-electron chi connectivity index (χ0n) is 10.6. The van der Waals surface area contributed by atoms with Crippen LogP contribution in [0.25, 0.3) is 0 Å². The summed E-state index contributed by atoms with van der Waals surface area (Å²) in [6, 6.07) is 0. The highest BCUT2D eigenvalue weighted by Gasteiger charge is 2.22. The molecule has 0 saturated carbocycles. The van der Waals surface area contributed by atoms with Crippen molar-refractivity contribution in [3.8, 4) is 0 Å². The first-order chi connectivity index (χ1) is 8.33. The second-order valence-corrected chi connectivity index (χ2v) is 5.31. The molecule has 0 spiro atoms. The summed E-state index contributed by atoms with van der Waals surface area (Å²) in [6.07, 6.45) is 1.35. The Balaban J connectivity index is 3.11. The summed E-state index contributed by atoms with van der Waals surface area (Å²) in [4.78, 5) is 0. The standard InChI is InChI=1S/C9H18N6O2S/c1-4-15(5-2)18(16,17)13-9-7(8(10)11)6-12-14(9)3/h6,13H,4-5H2,1-3H3,(H3,10,11). The van der Waals surface area contributed by atoms with E-state index in [1.807, 2.05) is 0 Å². The molecule has 0 aromatic carbocycles. The number of nitrogens with two attached hydrogens (primary N) is 1. The first-order valence-corrected chi connectivity index (χ1v) is 6.91. The fraction of sp³-hybridized carbons (Fsp3) is 0.556. The number of aromatic nitrogens is 2. The van der Waals surface area contributed by atoms with Gasteiger partial charge in [-0.2, -0.15) is 17.8 Å². The van der Waals surface area contributed by atoms with Crippen molar-refractivity contribution in [1.29, 1.82) is 5.41 Å². The normalized spacial score (nSPS) is 11.8. The Morgan fingerprint density at radius 2 is 2.11 bits per heavy atom. The van der Waals surface area contributed by atoms with E-state index < -0.39 is 10.2 Å². The van der Waals surface area contributed by atoms with Crippen LogP contribution in [-0.2, 0) is 17.3 Å². The van der Waals surface area contributed by atoms with E-state index >= 15 is 0 Å². The number of rotatable bonds is 6. The van der Waals surface area contributed by atoms with Crippen molar-refractivity contribution in [2.45, 2.75) is 13.8 Å². The molecule has 18 heavy (non-hydrogen) atoms. The third kappa shape index (κ3) is 2.79. The lowest BCUT2D eigenvalue weighted by molar-refractivity contribution is 0.449. The van der Waals surface area contributed by atoms with Crippen molar-refractivity contribution in [2.24, 2.45) is 12.8 Å². The van der Waals surface area contributed by atoms with Crippen LogP contribution in [0.15, 0.2) is 6.20 Å². The molecular weight excluding hydrogens is 256 g/mol. The van der Waals surface area contributed by atoms with Crippen molar-refractivity contribution < 1.29 is 8.42 Å². The van der Waals surface area contributed by atoms with Gasteiger partial charge in [0, 0.05) is 20.1 Å². The SMILES string of the molecule is CCN(CC)S(=O)(=O)Nc1c(C(=N)N)cnn1C. The van der Waals surface area contributed by atoms with Gasteiger partial charge in [0.2, 0.25) is 0 Å². The molecule has 0 bridgehead atoms. The van der Waals surface area contributed by atoms with Crippen LogP contribution in [0.3, 0.4) is 0 Å². The fourth-order valence-electron chi connectivity index (χ4n) is 1.51. The van der Waals surface area contributed by atoms with Gasteiger partial charge in [-0.1, -0.05) is 13.8 Å². The molecule has 0 aliphatic carbocycles. The average Bonchev–Trinajstić information content (AvgIpc) is 2.61. The van der Waals surface area contributed by atoms with Gasteiger partial charge in [-0.05, 0) is 0 Å². The summed E-state index contributed by atoms with van der Waals surface area (Å²) in [5.74, 6) is -0.0465. The maximum absolute atomic E-state index is 12.0. The van der Waals surface area contributed by atoms with Crippen molar-refractivity contribution >= 4 is 21.9 Å². The van der Waals surface area contributed by atoms with E-state index in [1.165, 1.54) is 15.2 Å². The van der Waals surface area contributed by atoms with Crippen LogP contribution in [0.2, 0.25) is 0 Å². The van der Waals surface area contributed by atoms with Crippen molar-refractivity contribution in [3.63, 3.8) is 0 Å². The highest BCUT2D eigenvalue weighted by molar-refractivity contribution is 7.90. The minimum Gasteiger partial charge on any atom is -0.384 e. The van der Waals surface area contributed by atoms with Crippen molar-refractivity contribution in [2.75, 3.05) is 17.8 Å². The Morgan fingerprint density at radius 3 is 2.56 bits per heavy atom. The quantitative estimate of drug-likeness (QED) is 0.487. The second-order valence-electron chi connectivity index (χ2n) is 3.64. The van der Waals surface area contributed by atoms with Crippen LogP contribution in [0.5, 0.6) is 0 Å². The molecular formula is C9H18N6O2S. The Hall–Kier alpha value is -1.61. The molecule has 0 saturated heterocycles. The molecule has 9 heteroatoms. The van der Waals surface area contributed by atoms with Crippen LogP contribution < -0.4 is 10.5 Å². The Morgan fingerprint density at radius 1 is 1.56 bits per heavy atom. The van der Waals surface area contributed by atoms with Crippen LogP contribution in [-0.4, -0.2) is 41.4 Å². The first kappa shape index (κ1) is 14.5. The van der Waals surface area contributed by atoms with Crippen LogP contribution in [0, 0.1) is 5.41 Å². The number of anilines is 1. The molecule has 1 heterocycles. The Bertz CT molecular complexity index is 531. The molecule has 0 atom stereocenters. The van der Waals surface area contributed by atoms with Gasteiger partial charge in [-0.3, -0.25) is 14.8 Å². The van der Waals surface area contributed by atoms with Gasteiger partial charge in [-0.25, -0.2) is 0 Å². The van der Waals surface area contributed by atoms with E-state index in [9.17, 15) is 8.42 Å². The summed E-state index contributed by atoms with van der Waals surface area (Å²) in [5.41, 5.74) is 5.63. The third-order valence-electron chi connectivity index (χ3n) is 2.50. The Labute approximate surface area is 106 Å². The topological polar surface area (TPSA) is 117 Å². The van der Waals surface area contributed by atoms with E-state index in [0.717, 1.165) is 0 Å². The number of aryl methyl sites for hydroxylation is 1. The first-order valence-electron chi connectivity index (χ1n) is 5.47. The molecule has 1 aromatic heterocycles. The summed E-state index contributed by atoms with van der Waals surface area (Å²) in [7, 11) is -2.08. The number of nitrogen functional groups attached to an aromatic ring is 1. The van der Waals surface area contributed by atoms with Gasteiger partial charge in [0.1, 0.15) is 11.7 Å². The number of nitrogens with zero attached hydrogens (tertiary/aromatic N) is 3. The highest BCUT2D eigenvalue weighted by Crippen LogP contribution is 2.16. The predicted molar refractivity (Wildman–Crippen MR) is 69.7 cm³/mol. The van der Waals surface area contributed by atoms with Crippen molar-refractivity contribution in [1.82, 2.24) is 14.1 Å². The van der Waals surface area contributed by atoms with Crippen LogP contribution in [0.1, 0.15) is 19.4 Å². The van der Waals surface area contributed by atoms with Crippen molar-refractivity contribution in [3.05, 3.63) is 11.8 Å². The van der Waals surface area contributed by atoms with Gasteiger partial charge in [0.15, 0.2) is 0 Å². The summed E-state index contributed by atoms with van der Waals surface area (Å²) in [5, 5.41) is 11.3. The maximum Gasteiger partial charge on any atom is 0.302 e. The van der Waals surface area contributed by atoms with Gasteiger partial charge < -0.3 is 5.73 Å². The molecule has 1 rings (SSSR count). The van der Waals surface area contributed by atoms with E-state index in [1.54, 1.807) is 20.9 Å². The van der Waals surface area contributed by atoms with E-state index in [4.69, 9.17) is 11.1 Å². The second kappa shape index (κ2) is 5.36. The fourth-order valence-corrected chi connectivity index (χ4v) is 2.80. The number of nitrogens with one attached hydrogen (secondary N) is 2. The zero-order valence-corrected chi connectivity index (χ0v) is 11.5. The molecule has 102 valence electrons. The third-order valence-corrected chi connectivity index (χ3v) is 4.15. The number of hydrogen-bond donors (Lipinski definition) is 3. The lowest BCUT2D eigenvalue weighted by Gasteiger charge is -2.19. The highest BCUT2D eigenvalue weighted by atomic mass is 32.2. The molecule has 8 nitrogen and oxygen atoms in total. The monoisotopic (exact) mass is 274 g/mol. The maximum atomic E-state index is 12.0. The van der Waals surface area contributed by atoms with E-state index in [-0.39, 0.29) is 17.2 Å². The number of amidine groups is 1. The predicted octanol–water partition coefficient (Wildman–Crippen LogP) is -0.297. The smallest absolute Gasteiger partial charge is 0.302 e. The largest absolute Gasteiger partial charge is 0.384 e. The summed E-state index contributed by atoms with van der Waals surface area (Å²) < 4.78 is 29.1. The van der Waals surface area contributed by atoms with Gasteiger partial charge >= 0.3 is 10.2 Å². The number of hydrogen-bond acceptors (Lipinski definition) is 4. The Kier molecular flexibility index (Phi) is 4.30. The van der Waals surface area contributed by atoms with E-state index in [0.29, 0.717) is 13.1 Å². The lowest BCUT2D eigenvalue weighted by Crippen LogP contribution is -2.36. The van der Waals surface area contributed by atoms with E-state index in [2.05, 4.69) is 9.82 Å². The minimum absolute atomic E-state index is 0.189. The molecule has 1 aromatic rings. The molecule has 0 unspecified atom stereocenters. The average molecular weight is 274 g/mol. The lowest BCUT2D eigenvalue weighted by atomic mass is 10.3. The minimum atomic E-state index is -3.65. The summed E-state index contributed by atoms with van der Waals surface area (Å²) >= 11 is 0. The van der Waals surface area contributed by atoms with Crippen LogP contribution >= 0.6 is 0 Å². The van der Waals surface area contributed by atoms with Crippen LogP contribution in [0.4, 0.5) is 5.82 Å². The molecule has 0 aliphatic heterocycles. The molecule has 0 fully saturated rings. The molecule has 0 aliphatic rings. The van der Waals surface area contributed by atoms with Gasteiger partial charge in [0.05, 0.1) is 11.8 Å². The molecule has 4 N–H and O–H groups in total.